The monoisotopic (exact) mass is 264 g/mol. The number of ether oxygens (including phenoxy) is 1. The molecule has 0 bridgehead atoms. The summed E-state index contributed by atoms with van der Waals surface area (Å²) < 4.78 is 5.05. The van der Waals surface area contributed by atoms with E-state index in [-0.39, 0.29) is 18.4 Å². The molecule has 0 atom stereocenters. The standard InChI is InChI=1S/C14H20N2O3/c1-11-6-4-7-13(15-11)8-5-9-19-14(18)10-16(3)12(2)17/h4,6-7H,5,8-10H2,1-3H3. The van der Waals surface area contributed by atoms with Crippen molar-refractivity contribution in [1.29, 1.82) is 0 Å². The lowest BCUT2D eigenvalue weighted by atomic mass is 10.2. The number of pyridine rings is 1. The van der Waals surface area contributed by atoms with E-state index >= 15 is 0 Å². The molecule has 0 aromatic carbocycles. The number of aryl methyl sites for hydroxylation is 2. The fraction of sp³-hybridized carbons (Fsp3) is 0.500. The molecule has 0 aliphatic carbocycles. The first kappa shape index (κ1) is 15.1. The van der Waals surface area contributed by atoms with E-state index in [9.17, 15) is 9.59 Å². The second kappa shape index (κ2) is 7.51. The molecule has 0 aliphatic heterocycles. The molecule has 1 heterocycles. The quantitative estimate of drug-likeness (QED) is 0.575. The van der Waals surface area contributed by atoms with Gasteiger partial charge in [-0.3, -0.25) is 14.6 Å². The van der Waals surface area contributed by atoms with Crippen molar-refractivity contribution in [2.45, 2.75) is 26.7 Å². The van der Waals surface area contributed by atoms with Crippen molar-refractivity contribution < 1.29 is 14.3 Å². The zero-order valence-corrected chi connectivity index (χ0v) is 11.7. The summed E-state index contributed by atoms with van der Waals surface area (Å²) in [5.74, 6) is -0.532. The normalized spacial score (nSPS) is 10.1. The molecule has 1 rings (SSSR count). The molecule has 1 aromatic heterocycles. The van der Waals surface area contributed by atoms with Gasteiger partial charge in [0.25, 0.3) is 0 Å². The molecular weight excluding hydrogens is 244 g/mol. The van der Waals surface area contributed by atoms with Gasteiger partial charge in [-0.15, -0.1) is 0 Å². The molecule has 5 heteroatoms. The van der Waals surface area contributed by atoms with E-state index in [0.29, 0.717) is 6.61 Å². The van der Waals surface area contributed by atoms with Crippen LogP contribution in [0.1, 0.15) is 24.7 Å². The lowest BCUT2D eigenvalue weighted by molar-refractivity contribution is -0.148. The Kier molecular flexibility index (Phi) is 5.99. The van der Waals surface area contributed by atoms with Crippen molar-refractivity contribution in [3.8, 4) is 0 Å². The lowest BCUT2D eigenvalue weighted by Crippen LogP contribution is -2.31. The van der Waals surface area contributed by atoms with Crippen molar-refractivity contribution in [2.75, 3.05) is 20.2 Å². The van der Waals surface area contributed by atoms with Gasteiger partial charge in [-0.2, -0.15) is 0 Å². The summed E-state index contributed by atoms with van der Waals surface area (Å²) in [6, 6.07) is 5.87. The molecule has 0 fully saturated rings. The predicted octanol–water partition coefficient (Wildman–Crippen LogP) is 1.34. The SMILES string of the molecule is CC(=O)N(C)CC(=O)OCCCc1cccc(C)n1. The Labute approximate surface area is 113 Å². The zero-order chi connectivity index (χ0) is 14.3. The molecule has 19 heavy (non-hydrogen) atoms. The number of carbonyl (C=O) groups excluding carboxylic acids is 2. The third kappa shape index (κ3) is 5.99. The fourth-order valence-corrected chi connectivity index (χ4v) is 1.53. The maximum Gasteiger partial charge on any atom is 0.325 e. The molecular formula is C14H20N2O3. The van der Waals surface area contributed by atoms with E-state index in [1.165, 1.54) is 11.8 Å². The fourth-order valence-electron chi connectivity index (χ4n) is 1.53. The van der Waals surface area contributed by atoms with Crippen LogP contribution in [-0.4, -0.2) is 42.0 Å². The van der Waals surface area contributed by atoms with Crippen molar-refractivity contribution in [3.05, 3.63) is 29.6 Å². The highest BCUT2D eigenvalue weighted by molar-refractivity contribution is 5.80. The van der Waals surface area contributed by atoms with Gasteiger partial charge in [0.15, 0.2) is 0 Å². The van der Waals surface area contributed by atoms with Gasteiger partial charge in [0.2, 0.25) is 5.91 Å². The van der Waals surface area contributed by atoms with E-state index in [1.807, 2.05) is 25.1 Å². The predicted molar refractivity (Wildman–Crippen MR) is 71.6 cm³/mol. The Balaban J connectivity index is 2.20. The molecule has 0 spiro atoms. The molecule has 0 saturated heterocycles. The van der Waals surface area contributed by atoms with E-state index in [1.54, 1.807) is 7.05 Å². The molecule has 1 amide bonds. The Morgan fingerprint density at radius 2 is 2.11 bits per heavy atom. The Morgan fingerprint density at radius 3 is 2.74 bits per heavy atom. The van der Waals surface area contributed by atoms with Gasteiger partial charge in [0.1, 0.15) is 6.54 Å². The Bertz CT molecular complexity index is 446. The first-order valence-corrected chi connectivity index (χ1v) is 6.29. The number of carbonyl (C=O) groups is 2. The maximum atomic E-state index is 11.4. The first-order chi connectivity index (χ1) is 8.99. The molecule has 0 N–H and O–H groups in total. The van der Waals surface area contributed by atoms with Crippen molar-refractivity contribution in [3.63, 3.8) is 0 Å². The summed E-state index contributed by atoms with van der Waals surface area (Å²) >= 11 is 0. The average molecular weight is 264 g/mol. The van der Waals surface area contributed by atoms with Crippen LogP contribution in [0.2, 0.25) is 0 Å². The number of hydrogen-bond acceptors (Lipinski definition) is 4. The van der Waals surface area contributed by atoms with Crippen molar-refractivity contribution in [2.24, 2.45) is 0 Å². The molecule has 1 aromatic rings. The van der Waals surface area contributed by atoms with E-state index in [4.69, 9.17) is 4.74 Å². The minimum Gasteiger partial charge on any atom is -0.464 e. The van der Waals surface area contributed by atoms with Gasteiger partial charge in [0, 0.05) is 25.4 Å². The summed E-state index contributed by atoms with van der Waals surface area (Å²) in [7, 11) is 1.57. The van der Waals surface area contributed by atoms with Crippen LogP contribution in [0.15, 0.2) is 18.2 Å². The molecule has 104 valence electrons. The minimum atomic E-state index is -0.380. The third-order valence-corrected chi connectivity index (χ3v) is 2.69. The van der Waals surface area contributed by atoms with Gasteiger partial charge in [-0.25, -0.2) is 0 Å². The van der Waals surface area contributed by atoms with Gasteiger partial charge < -0.3 is 9.64 Å². The highest BCUT2D eigenvalue weighted by Gasteiger charge is 2.09. The largest absolute Gasteiger partial charge is 0.464 e. The number of nitrogens with zero attached hydrogens (tertiary/aromatic N) is 2. The number of likely N-dealkylation sites (N-methyl/N-ethyl adjacent to an activating group) is 1. The van der Waals surface area contributed by atoms with E-state index in [2.05, 4.69) is 4.98 Å². The van der Waals surface area contributed by atoms with Crippen LogP contribution in [0.5, 0.6) is 0 Å². The van der Waals surface area contributed by atoms with Gasteiger partial charge in [-0.05, 0) is 31.9 Å². The smallest absolute Gasteiger partial charge is 0.325 e. The highest BCUT2D eigenvalue weighted by Crippen LogP contribution is 2.02. The molecule has 0 radical (unpaired) electrons. The van der Waals surface area contributed by atoms with Gasteiger partial charge >= 0.3 is 5.97 Å². The number of esters is 1. The molecule has 5 nitrogen and oxygen atoms in total. The van der Waals surface area contributed by atoms with E-state index < -0.39 is 0 Å². The Morgan fingerprint density at radius 1 is 1.37 bits per heavy atom. The van der Waals surface area contributed by atoms with Crippen molar-refractivity contribution >= 4 is 11.9 Å². The van der Waals surface area contributed by atoms with Crippen LogP contribution in [0.3, 0.4) is 0 Å². The molecule has 0 saturated carbocycles. The summed E-state index contributed by atoms with van der Waals surface area (Å²) in [5, 5.41) is 0. The van der Waals surface area contributed by atoms with Gasteiger partial charge in [0.05, 0.1) is 6.61 Å². The summed E-state index contributed by atoms with van der Waals surface area (Å²) in [4.78, 5) is 28.0. The summed E-state index contributed by atoms with van der Waals surface area (Å²) in [6.45, 7) is 3.70. The second-order valence-corrected chi connectivity index (χ2v) is 4.47. The molecule has 0 aliphatic rings. The van der Waals surface area contributed by atoms with Crippen LogP contribution >= 0.6 is 0 Å². The van der Waals surface area contributed by atoms with Crippen LogP contribution in [0.25, 0.3) is 0 Å². The van der Waals surface area contributed by atoms with Crippen molar-refractivity contribution in [1.82, 2.24) is 9.88 Å². The second-order valence-electron chi connectivity index (χ2n) is 4.47. The van der Waals surface area contributed by atoms with Crippen LogP contribution in [0.4, 0.5) is 0 Å². The molecule has 0 unspecified atom stereocenters. The number of aromatic nitrogens is 1. The van der Waals surface area contributed by atoms with E-state index in [0.717, 1.165) is 24.2 Å². The third-order valence-electron chi connectivity index (χ3n) is 2.69. The van der Waals surface area contributed by atoms with Crippen LogP contribution in [0, 0.1) is 6.92 Å². The number of rotatable bonds is 6. The van der Waals surface area contributed by atoms with Crippen LogP contribution < -0.4 is 0 Å². The summed E-state index contributed by atoms with van der Waals surface area (Å²) in [6.07, 6.45) is 1.50. The first-order valence-electron chi connectivity index (χ1n) is 6.29. The zero-order valence-electron chi connectivity index (χ0n) is 11.7. The Hall–Kier alpha value is -1.91. The van der Waals surface area contributed by atoms with Gasteiger partial charge in [-0.1, -0.05) is 6.07 Å². The number of amides is 1. The van der Waals surface area contributed by atoms with Crippen LogP contribution in [-0.2, 0) is 20.7 Å². The number of hydrogen-bond donors (Lipinski definition) is 0. The highest BCUT2D eigenvalue weighted by atomic mass is 16.5. The lowest BCUT2D eigenvalue weighted by Gasteiger charge is -2.13. The average Bonchev–Trinajstić information content (AvgIpc) is 2.34. The minimum absolute atomic E-state index is 0.00196. The topological polar surface area (TPSA) is 59.5 Å². The maximum absolute atomic E-state index is 11.4. The summed E-state index contributed by atoms with van der Waals surface area (Å²) in [5.41, 5.74) is 1.98.